The van der Waals surface area contributed by atoms with E-state index in [2.05, 4.69) is 20.5 Å². The summed E-state index contributed by atoms with van der Waals surface area (Å²) in [7, 11) is 0. The lowest BCUT2D eigenvalue weighted by Crippen LogP contribution is -2.32. The number of azo groups is 1. The van der Waals surface area contributed by atoms with Gasteiger partial charge in [-0.05, 0) is 48.1 Å². The van der Waals surface area contributed by atoms with Crippen molar-refractivity contribution in [1.29, 1.82) is 0 Å². The molecule has 0 aliphatic carbocycles. The zero-order valence-electron chi connectivity index (χ0n) is 13.9. The van der Waals surface area contributed by atoms with Crippen LogP contribution in [0.2, 0.25) is 5.02 Å². The van der Waals surface area contributed by atoms with Crippen LogP contribution in [0.4, 0.5) is 0 Å². The number of pyridine rings is 1. The molecule has 5 nitrogen and oxygen atoms in total. The van der Waals surface area contributed by atoms with Gasteiger partial charge in [0.25, 0.3) is 0 Å². The first kappa shape index (κ1) is 16.6. The molecule has 3 heterocycles. The van der Waals surface area contributed by atoms with Gasteiger partial charge >= 0.3 is 0 Å². The number of hydrogen-bond donors (Lipinski definition) is 1. The lowest BCUT2D eigenvalue weighted by molar-refractivity contribution is 0.0537. The number of hydrogen-bond acceptors (Lipinski definition) is 5. The van der Waals surface area contributed by atoms with Crippen molar-refractivity contribution in [1.82, 2.24) is 10.3 Å². The Labute approximate surface area is 152 Å². The monoisotopic (exact) mass is 356 g/mol. The predicted octanol–water partition coefficient (Wildman–Crippen LogP) is 4.31. The zero-order chi connectivity index (χ0) is 17.1. The maximum Gasteiger partial charge on any atom is 0.148 e. The molecule has 2 aliphatic rings. The van der Waals surface area contributed by atoms with Crippen LogP contribution in [0.1, 0.15) is 41.7 Å². The highest BCUT2D eigenvalue weighted by molar-refractivity contribution is 6.30. The van der Waals surface area contributed by atoms with Crippen molar-refractivity contribution in [3.05, 3.63) is 64.4 Å². The maximum absolute atomic E-state index is 6.00. The third-order valence-electron chi connectivity index (χ3n) is 4.81. The van der Waals surface area contributed by atoms with E-state index in [-0.39, 0.29) is 12.2 Å². The molecule has 0 saturated carbocycles. The van der Waals surface area contributed by atoms with Gasteiger partial charge < -0.3 is 4.74 Å². The zero-order valence-corrected chi connectivity index (χ0v) is 14.7. The Morgan fingerprint density at radius 1 is 1.12 bits per heavy atom. The van der Waals surface area contributed by atoms with Gasteiger partial charge in [0.2, 0.25) is 0 Å². The second-order valence-corrected chi connectivity index (χ2v) is 7.02. The molecule has 2 aromatic rings. The highest BCUT2D eigenvalue weighted by Gasteiger charge is 2.27. The van der Waals surface area contributed by atoms with E-state index in [9.17, 15) is 0 Å². The summed E-state index contributed by atoms with van der Waals surface area (Å²) in [6, 6.07) is 9.71. The van der Waals surface area contributed by atoms with Crippen LogP contribution in [0.3, 0.4) is 0 Å². The highest BCUT2D eigenvalue weighted by Crippen LogP contribution is 2.37. The van der Waals surface area contributed by atoms with Crippen LogP contribution in [0.15, 0.2) is 53.0 Å². The minimum Gasteiger partial charge on any atom is -0.381 e. The molecule has 4 rings (SSSR count). The van der Waals surface area contributed by atoms with Crippen LogP contribution < -0.4 is 5.32 Å². The number of rotatable bonds is 4. The van der Waals surface area contributed by atoms with E-state index >= 15 is 0 Å². The minimum absolute atomic E-state index is 0.105. The van der Waals surface area contributed by atoms with Gasteiger partial charge in [-0.25, -0.2) is 0 Å². The van der Waals surface area contributed by atoms with Crippen molar-refractivity contribution >= 4 is 11.6 Å². The molecule has 6 heteroatoms. The summed E-state index contributed by atoms with van der Waals surface area (Å²) < 4.78 is 5.56. The van der Waals surface area contributed by atoms with Gasteiger partial charge in [0.15, 0.2) is 0 Å². The Kier molecular flexibility index (Phi) is 5.06. The number of nitrogens with zero attached hydrogens (tertiary/aromatic N) is 3. The number of fused-ring (bicyclic) bond motifs is 1. The largest absolute Gasteiger partial charge is 0.381 e. The summed E-state index contributed by atoms with van der Waals surface area (Å²) in [5, 5.41) is 13.4. The molecule has 1 fully saturated rings. The van der Waals surface area contributed by atoms with E-state index in [1.807, 2.05) is 42.7 Å². The molecule has 1 aromatic heterocycles. The fourth-order valence-corrected chi connectivity index (χ4v) is 3.57. The van der Waals surface area contributed by atoms with Crippen LogP contribution in [0.5, 0.6) is 0 Å². The number of ether oxygens (including phenoxy) is 1. The average Bonchev–Trinajstić information content (AvgIpc) is 2.68. The third-order valence-corrected chi connectivity index (χ3v) is 5.07. The molecule has 25 heavy (non-hydrogen) atoms. The first-order valence-electron chi connectivity index (χ1n) is 8.71. The second kappa shape index (κ2) is 7.60. The predicted molar refractivity (Wildman–Crippen MR) is 96.7 cm³/mol. The molecule has 0 spiro atoms. The molecule has 2 aliphatic heterocycles. The lowest BCUT2D eigenvalue weighted by atomic mass is 9.94. The molecule has 130 valence electrons. The van der Waals surface area contributed by atoms with E-state index < -0.39 is 0 Å². The second-order valence-electron chi connectivity index (χ2n) is 6.58. The van der Waals surface area contributed by atoms with E-state index in [1.54, 1.807) is 0 Å². The lowest BCUT2D eigenvalue weighted by Gasteiger charge is -2.28. The van der Waals surface area contributed by atoms with Crippen molar-refractivity contribution in [3.63, 3.8) is 0 Å². The van der Waals surface area contributed by atoms with Crippen molar-refractivity contribution in [2.45, 2.75) is 25.0 Å². The fraction of sp³-hybridized carbons (Fsp3) is 0.421. The van der Waals surface area contributed by atoms with E-state index in [1.165, 1.54) is 6.42 Å². The molecular weight excluding hydrogens is 336 g/mol. The number of benzene rings is 1. The van der Waals surface area contributed by atoms with Gasteiger partial charge in [0.1, 0.15) is 12.2 Å². The summed E-state index contributed by atoms with van der Waals surface area (Å²) in [6.45, 7) is 2.59. The fourth-order valence-electron chi connectivity index (χ4n) is 3.44. The number of aromatic nitrogens is 1. The van der Waals surface area contributed by atoms with Crippen LogP contribution in [-0.4, -0.2) is 24.7 Å². The van der Waals surface area contributed by atoms with Gasteiger partial charge in [-0.15, -0.1) is 0 Å². The summed E-state index contributed by atoms with van der Waals surface area (Å²) in [4.78, 5) is 4.30. The quantitative estimate of drug-likeness (QED) is 0.888. The summed E-state index contributed by atoms with van der Waals surface area (Å²) in [6.07, 6.45) is 5.90. The summed E-state index contributed by atoms with van der Waals surface area (Å²) in [5.41, 5.74) is 3.32. The van der Waals surface area contributed by atoms with Crippen LogP contribution in [-0.2, 0) is 4.74 Å². The highest BCUT2D eigenvalue weighted by atomic mass is 35.5. The van der Waals surface area contributed by atoms with Crippen LogP contribution in [0, 0.1) is 5.92 Å². The van der Waals surface area contributed by atoms with Crippen molar-refractivity contribution in [2.75, 3.05) is 19.8 Å². The standard InChI is InChI=1S/C19H21ClN4O/c20-15-5-3-14(4-6-15)18-16-7-8-21-11-17(16)19(24-23-18)22-10-13-2-1-9-25-12-13/h3-8,11,13,18-19,22H,1-2,9-10,12H2/t13-,18?,19?/m1/s1. The molecule has 1 saturated heterocycles. The number of nitrogens with one attached hydrogen (secondary N) is 1. The van der Waals surface area contributed by atoms with Crippen molar-refractivity contribution < 1.29 is 4.74 Å². The topological polar surface area (TPSA) is 58.9 Å². The third kappa shape index (κ3) is 3.73. The van der Waals surface area contributed by atoms with Crippen molar-refractivity contribution in [2.24, 2.45) is 16.1 Å². The summed E-state index contributed by atoms with van der Waals surface area (Å²) in [5.74, 6) is 0.540. The Balaban J connectivity index is 1.54. The molecular formula is C19H21ClN4O. The van der Waals surface area contributed by atoms with Gasteiger partial charge in [0.05, 0.1) is 6.61 Å². The normalized spacial score (nSPS) is 25.6. The molecule has 0 bridgehead atoms. The first-order chi connectivity index (χ1) is 12.3. The Hall–Kier alpha value is -1.82. The Morgan fingerprint density at radius 3 is 2.80 bits per heavy atom. The van der Waals surface area contributed by atoms with Gasteiger partial charge in [-0.3, -0.25) is 10.3 Å². The van der Waals surface area contributed by atoms with E-state index in [0.717, 1.165) is 47.9 Å². The van der Waals surface area contributed by atoms with Crippen LogP contribution in [0.25, 0.3) is 0 Å². The molecule has 1 aromatic carbocycles. The van der Waals surface area contributed by atoms with E-state index in [4.69, 9.17) is 16.3 Å². The van der Waals surface area contributed by atoms with Gasteiger partial charge in [-0.2, -0.15) is 10.2 Å². The maximum atomic E-state index is 6.00. The van der Waals surface area contributed by atoms with Crippen LogP contribution >= 0.6 is 11.6 Å². The molecule has 2 unspecified atom stereocenters. The SMILES string of the molecule is Clc1ccc(C2N=NC(NC[C@H]3CCCOC3)c3cnccc32)cc1. The van der Waals surface area contributed by atoms with E-state index in [0.29, 0.717) is 5.92 Å². The molecule has 0 amide bonds. The van der Waals surface area contributed by atoms with Gasteiger partial charge in [-0.1, -0.05) is 23.7 Å². The average molecular weight is 357 g/mol. The summed E-state index contributed by atoms with van der Waals surface area (Å²) >= 11 is 6.00. The Morgan fingerprint density at radius 2 is 2.00 bits per heavy atom. The van der Waals surface area contributed by atoms with Gasteiger partial charge in [0, 0.05) is 36.1 Å². The first-order valence-corrected chi connectivity index (χ1v) is 9.09. The Bertz CT molecular complexity index is 743. The molecule has 0 radical (unpaired) electrons. The number of halogens is 1. The molecule has 1 N–H and O–H groups in total. The van der Waals surface area contributed by atoms with Crippen molar-refractivity contribution in [3.8, 4) is 0 Å². The molecule has 3 atom stereocenters. The smallest absolute Gasteiger partial charge is 0.148 e. The minimum atomic E-state index is -0.144.